The van der Waals surface area contributed by atoms with E-state index in [0.717, 1.165) is 4.90 Å². The van der Waals surface area contributed by atoms with Crippen LogP contribution in [0, 0.1) is 23.6 Å². The molecule has 4 aliphatic carbocycles. The maximum atomic E-state index is 11.9. The maximum Gasteiger partial charge on any atom is 0.150 e. The molecule has 0 N–H and O–H groups in total. The summed E-state index contributed by atoms with van der Waals surface area (Å²) in [5, 5.41) is -0.137. The van der Waals surface area contributed by atoms with Gasteiger partial charge in [0.05, 0.1) is 5.25 Å². The maximum absolute atomic E-state index is 11.9. The standard InChI is InChI=1S/C12H10OS/c13-11-9-7-8(9)10(7)12(11)14-6-4-2-1-3-5-6/h1-5,7-10,12H/t7-,8+,9?,10?,12-/m0/s1/i7D,8D. The van der Waals surface area contributed by atoms with Crippen molar-refractivity contribution in [3.8, 4) is 0 Å². The SMILES string of the molecule is [2H][C@]12C3C(=O)[C@@H](Sc4ccccc4)C1[C@@]32[2H]. The van der Waals surface area contributed by atoms with Crippen LogP contribution in [0.5, 0.6) is 0 Å². The zero-order chi connectivity index (χ0) is 11.1. The summed E-state index contributed by atoms with van der Waals surface area (Å²) >= 11 is 1.54. The molecule has 2 unspecified atom stereocenters. The Morgan fingerprint density at radius 2 is 1.93 bits per heavy atom. The molecule has 0 radical (unpaired) electrons. The number of Topliss-reactive ketones (excluding diaryl/α,β-unsaturated/α-hetero) is 1. The molecule has 5 rings (SSSR count). The van der Waals surface area contributed by atoms with Crippen LogP contribution in [-0.4, -0.2) is 11.0 Å². The van der Waals surface area contributed by atoms with Crippen LogP contribution in [0.15, 0.2) is 35.2 Å². The molecule has 4 aliphatic rings. The lowest BCUT2D eigenvalue weighted by Crippen LogP contribution is -2.09. The van der Waals surface area contributed by atoms with Crippen LogP contribution in [0.3, 0.4) is 0 Å². The molecule has 2 heteroatoms. The van der Waals surface area contributed by atoms with Gasteiger partial charge in [0, 0.05) is 13.6 Å². The van der Waals surface area contributed by atoms with E-state index in [1.54, 1.807) is 0 Å². The molecule has 14 heavy (non-hydrogen) atoms. The van der Waals surface area contributed by atoms with Crippen LogP contribution in [0.25, 0.3) is 0 Å². The fourth-order valence-corrected chi connectivity index (χ4v) is 3.82. The van der Waals surface area contributed by atoms with Gasteiger partial charge in [-0.15, -0.1) is 11.8 Å². The molecule has 0 spiro atoms. The van der Waals surface area contributed by atoms with E-state index in [4.69, 9.17) is 2.74 Å². The van der Waals surface area contributed by atoms with Crippen molar-refractivity contribution < 1.29 is 7.54 Å². The van der Waals surface area contributed by atoms with Crippen molar-refractivity contribution in [3.63, 3.8) is 0 Å². The molecule has 4 fully saturated rings. The first-order chi connectivity index (χ1) is 7.62. The zero-order valence-electron chi connectivity index (χ0n) is 9.44. The zero-order valence-corrected chi connectivity index (χ0v) is 8.25. The first-order valence-corrected chi connectivity index (χ1v) is 5.75. The van der Waals surface area contributed by atoms with Gasteiger partial charge in [0.15, 0.2) is 0 Å². The summed E-state index contributed by atoms with van der Waals surface area (Å²) in [6, 6.07) is 9.81. The number of ketones is 1. The van der Waals surface area contributed by atoms with Crippen LogP contribution in [0.1, 0.15) is 2.74 Å². The normalized spacial score (nSPS) is 58.9. The number of carbonyl (C=O) groups is 1. The van der Waals surface area contributed by atoms with Crippen molar-refractivity contribution in [1.29, 1.82) is 0 Å². The summed E-state index contributed by atoms with van der Waals surface area (Å²) < 4.78 is 16.0. The molecule has 0 aromatic heterocycles. The van der Waals surface area contributed by atoms with Gasteiger partial charge in [-0.2, -0.15) is 0 Å². The van der Waals surface area contributed by atoms with Crippen LogP contribution < -0.4 is 0 Å². The van der Waals surface area contributed by atoms with Gasteiger partial charge in [-0.1, -0.05) is 18.2 Å². The van der Waals surface area contributed by atoms with Crippen LogP contribution in [0.4, 0.5) is 0 Å². The van der Waals surface area contributed by atoms with Gasteiger partial charge in [-0.05, 0) is 29.8 Å². The smallest absolute Gasteiger partial charge is 0.150 e. The average Bonchev–Trinajstić information content (AvgIpc) is 2.82. The van der Waals surface area contributed by atoms with Gasteiger partial charge in [-0.3, -0.25) is 4.79 Å². The Bertz CT molecular complexity index is 489. The molecule has 2 bridgehead atoms. The highest BCUT2D eigenvalue weighted by molar-refractivity contribution is 8.00. The predicted octanol–water partition coefficient (Wildman–Crippen LogP) is 2.22. The van der Waals surface area contributed by atoms with Crippen LogP contribution >= 0.6 is 11.8 Å². The average molecular weight is 204 g/mol. The first kappa shape index (κ1) is 5.96. The van der Waals surface area contributed by atoms with Crippen molar-refractivity contribution in [3.05, 3.63) is 30.3 Å². The third kappa shape index (κ3) is 0.765. The van der Waals surface area contributed by atoms with Crippen molar-refractivity contribution in [1.82, 2.24) is 0 Å². The molecule has 4 saturated carbocycles. The van der Waals surface area contributed by atoms with E-state index < -0.39 is 11.8 Å². The fourth-order valence-electron chi connectivity index (χ4n) is 2.53. The van der Waals surface area contributed by atoms with Crippen molar-refractivity contribution in [2.75, 3.05) is 0 Å². The first-order valence-electron chi connectivity index (χ1n) is 5.87. The number of fused-ring (bicyclic) bond motifs is 1. The topological polar surface area (TPSA) is 17.1 Å². The quantitative estimate of drug-likeness (QED) is 0.734. The Morgan fingerprint density at radius 1 is 1.21 bits per heavy atom. The van der Waals surface area contributed by atoms with E-state index in [1.165, 1.54) is 11.8 Å². The molecular formula is C12H10OS. The Morgan fingerprint density at radius 3 is 2.50 bits per heavy atom. The Labute approximate surface area is 89.7 Å². The van der Waals surface area contributed by atoms with Crippen LogP contribution in [0.2, 0.25) is 0 Å². The van der Waals surface area contributed by atoms with E-state index in [-0.39, 0.29) is 22.9 Å². The highest BCUT2D eigenvalue weighted by Gasteiger charge is 2.84. The van der Waals surface area contributed by atoms with Gasteiger partial charge < -0.3 is 0 Å². The lowest BCUT2D eigenvalue weighted by atomic mass is 10.2. The minimum Gasteiger partial charge on any atom is -0.298 e. The summed E-state index contributed by atoms with van der Waals surface area (Å²) in [4.78, 5) is 13.0. The fraction of sp³-hybridized carbons (Fsp3) is 0.417. The molecular weight excluding hydrogens is 192 g/mol. The highest BCUT2D eigenvalue weighted by Crippen LogP contribution is 2.82. The van der Waals surface area contributed by atoms with E-state index >= 15 is 0 Å². The van der Waals surface area contributed by atoms with Gasteiger partial charge in [-0.25, -0.2) is 0 Å². The van der Waals surface area contributed by atoms with E-state index in [9.17, 15) is 4.79 Å². The lowest BCUT2D eigenvalue weighted by molar-refractivity contribution is -0.118. The Kier molecular flexibility index (Phi) is 0.956. The van der Waals surface area contributed by atoms with E-state index in [2.05, 4.69) is 0 Å². The summed E-state index contributed by atoms with van der Waals surface area (Å²) in [5.74, 6) is -1.54. The summed E-state index contributed by atoms with van der Waals surface area (Å²) in [7, 11) is 0. The highest BCUT2D eigenvalue weighted by atomic mass is 32.2. The molecule has 1 nitrogen and oxygen atoms in total. The minimum atomic E-state index is -0.698. The molecule has 70 valence electrons. The summed E-state index contributed by atoms with van der Waals surface area (Å²) in [5.41, 5.74) is 0. The molecule has 0 amide bonds. The summed E-state index contributed by atoms with van der Waals surface area (Å²) in [6.45, 7) is 0. The number of hydrogen-bond acceptors (Lipinski definition) is 2. The number of hydrogen-bond donors (Lipinski definition) is 0. The predicted molar refractivity (Wildman–Crippen MR) is 55.1 cm³/mol. The second-order valence-electron chi connectivity index (χ2n) is 4.08. The number of rotatable bonds is 2. The third-order valence-corrected chi connectivity index (χ3v) is 4.64. The Hall–Kier alpha value is -0.760. The largest absolute Gasteiger partial charge is 0.298 e. The molecule has 0 saturated heterocycles. The second-order valence-corrected chi connectivity index (χ2v) is 5.29. The second kappa shape index (κ2) is 2.25. The number of benzene rings is 1. The molecule has 1 aromatic carbocycles. The molecule has 0 aliphatic heterocycles. The van der Waals surface area contributed by atoms with Crippen molar-refractivity contribution >= 4 is 17.5 Å². The monoisotopic (exact) mass is 204 g/mol. The number of carbonyl (C=O) groups excluding carboxylic acids is 1. The van der Waals surface area contributed by atoms with Crippen molar-refractivity contribution in [2.45, 2.75) is 10.1 Å². The van der Waals surface area contributed by atoms with Gasteiger partial charge in [0.25, 0.3) is 0 Å². The lowest BCUT2D eigenvalue weighted by Gasteiger charge is -2.06. The van der Waals surface area contributed by atoms with E-state index in [0.29, 0.717) is 0 Å². The summed E-state index contributed by atoms with van der Waals surface area (Å²) in [6.07, 6.45) is 0. The Balaban J connectivity index is 1.62. The molecule has 0 heterocycles. The third-order valence-electron chi connectivity index (χ3n) is 3.33. The van der Waals surface area contributed by atoms with Crippen LogP contribution in [-0.2, 0) is 4.79 Å². The van der Waals surface area contributed by atoms with Gasteiger partial charge >= 0.3 is 0 Å². The molecule has 5 atom stereocenters. The van der Waals surface area contributed by atoms with Gasteiger partial charge in [0.2, 0.25) is 0 Å². The van der Waals surface area contributed by atoms with Crippen molar-refractivity contribution in [2.24, 2.45) is 23.6 Å². The van der Waals surface area contributed by atoms with Gasteiger partial charge in [0.1, 0.15) is 5.78 Å². The minimum absolute atomic E-state index is 0.0114. The van der Waals surface area contributed by atoms with E-state index in [1.807, 2.05) is 30.3 Å². The number of thioether (sulfide) groups is 1. The molecule has 1 aromatic rings.